The van der Waals surface area contributed by atoms with Gasteiger partial charge in [-0.15, -0.1) is 0 Å². The Balaban J connectivity index is 2.21. The van der Waals surface area contributed by atoms with Crippen LogP contribution in [0.2, 0.25) is 5.02 Å². The first-order valence-corrected chi connectivity index (χ1v) is 7.46. The summed E-state index contributed by atoms with van der Waals surface area (Å²) >= 11 is 7.83. The molecule has 0 aliphatic carbocycles. The van der Waals surface area contributed by atoms with E-state index < -0.39 is 0 Å². The summed E-state index contributed by atoms with van der Waals surface area (Å²) in [5, 5.41) is 4.29. The van der Waals surface area contributed by atoms with E-state index in [9.17, 15) is 0 Å². The van der Waals surface area contributed by atoms with Crippen LogP contribution in [-0.4, -0.2) is 18.6 Å². The van der Waals surface area contributed by atoms with E-state index in [1.807, 2.05) is 23.9 Å². The second-order valence-electron chi connectivity index (χ2n) is 3.95. The lowest BCUT2D eigenvalue weighted by atomic mass is 10.1. The van der Waals surface area contributed by atoms with Crippen molar-refractivity contribution in [3.63, 3.8) is 0 Å². The van der Waals surface area contributed by atoms with Crippen molar-refractivity contribution in [2.45, 2.75) is 26.3 Å². The zero-order valence-electron chi connectivity index (χ0n) is 10.1. The molecule has 0 spiro atoms. The second-order valence-corrected chi connectivity index (χ2v) is 5.37. The van der Waals surface area contributed by atoms with E-state index in [0.717, 1.165) is 18.1 Å². The minimum Gasteiger partial charge on any atom is -0.313 e. The van der Waals surface area contributed by atoms with E-state index in [1.54, 1.807) is 0 Å². The maximum absolute atomic E-state index is 5.91. The first-order valence-electron chi connectivity index (χ1n) is 5.68. The van der Waals surface area contributed by atoms with Gasteiger partial charge in [0.1, 0.15) is 0 Å². The molecule has 1 aromatic rings. The maximum Gasteiger partial charge on any atom is 0.0408 e. The summed E-state index contributed by atoms with van der Waals surface area (Å²) in [6.07, 6.45) is 4.71. The van der Waals surface area contributed by atoms with Gasteiger partial charge in [-0.25, -0.2) is 0 Å². The summed E-state index contributed by atoms with van der Waals surface area (Å²) in [6, 6.07) is 6.08. The number of aryl methyl sites for hydroxylation is 1. The quantitative estimate of drug-likeness (QED) is 0.744. The molecule has 0 saturated heterocycles. The summed E-state index contributed by atoms with van der Waals surface area (Å²) in [5.41, 5.74) is 2.61. The standard InChI is InChI=1S/C13H20ClNS/c1-11-9-13(14)6-5-12(11)10-15-7-3-4-8-16-2/h5-6,9,15H,3-4,7-8,10H2,1-2H3. The number of hydrogen-bond donors (Lipinski definition) is 1. The monoisotopic (exact) mass is 257 g/mol. The number of rotatable bonds is 7. The Morgan fingerprint density at radius 2 is 2.12 bits per heavy atom. The van der Waals surface area contributed by atoms with Gasteiger partial charge in [0.25, 0.3) is 0 Å². The fourth-order valence-electron chi connectivity index (χ4n) is 1.58. The molecule has 1 N–H and O–H groups in total. The van der Waals surface area contributed by atoms with Crippen LogP contribution in [0.15, 0.2) is 18.2 Å². The highest BCUT2D eigenvalue weighted by Gasteiger charge is 1.98. The molecule has 0 aliphatic rings. The van der Waals surface area contributed by atoms with Gasteiger partial charge in [-0.2, -0.15) is 11.8 Å². The molecule has 90 valence electrons. The van der Waals surface area contributed by atoms with E-state index in [1.165, 1.54) is 29.7 Å². The third-order valence-corrected chi connectivity index (χ3v) is 3.50. The van der Waals surface area contributed by atoms with E-state index in [-0.39, 0.29) is 0 Å². The predicted octanol–water partition coefficient (Wildman–Crippen LogP) is 3.88. The lowest BCUT2D eigenvalue weighted by Gasteiger charge is -2.08. The lowest BCUT2D eigenvalue weighted by Crippen LogP contribution is -2.15. The van der Waals surface area contributed by atoms with Crippen molar-refractivity contribution < 1.29 is 0 Å². The highest BCUT2D eigenvalue weighted by molar-refractivity contribution is 7.98. The van der Waals surface area contributed by atoms with Gasteiger partial charge in [0.05, 0.1) is 0 Å². The molecule has 1 aromatic carbocycles. The van der Waals surface area contributed by atoms with Crippen LogP contribution in [0.3, 0.4) is 0 Å². The molecular formula is C13H20ClNS. The third-order valence-electron chi connectivity index (χ3n) is 2.57. The van der Waals surface area contributed by atoms with Gasteiger partial charge >= 0.3 is 0 Å². The van der Waals surface area contributed by atoms with Crippen molar-refractivity contribution in [3.05, 3.63) is 34.3 Å². The maximum atomic E-state index is 5.91. The Kier molecular flexibility index (Phi) is 6.93. The Morgan fingerprint density at radius 1 is 1.31 bits per heavy atom. The van der Waals surface area contributed by atoms with Crippen LogP contribution in [0.25, 0.3) is 0 Å². The zero-order valence-corrected chi connectivity index (χ0v) is 11.6. The molecule has 3 heteroatoms. The molecular weight excluding hydrogens is 238 g/mol. The minimum atomic E-state index is 0.821. The Hall–Kier alpha value is -0.180. The predicted molar refractivity (Wildman–Crippen MR) is 75.5 cm³/mol. The smallest absolute Gasteiger partial charge is 0.0408 e. The molecule has 0 fully saturated rings. The number of halogens is 1. The summed E-state index contributed by atoms with van der Waals surface area (Å²) in [4.78, 5) is 0. The fourth-order valence-corrected chi connectivity index (χ4v) is 2.30. The molecule has 0 heterocycles. The van der Waals surface area contributed by atoms with Crippen molar-refractivity contribution in [1.82, 2.24) is 5.32 Å². The molecule has 0 bridgehead atoms. The van der Waals surface area contributed by atoms with Gasteiger partial charge < -0.3 is 5.32 Å². The topological polar surface area (TPSA) is 12.0 Å². The molecule has 0 aromatic heterocycles. The van der Waals surface area contributed by atoms with E-state index in [0.29, 0.717) is 0 Å². The number of thioether (sulfide) groups is 1. The highest BCUT2D eigenvalue weighted by Crippen LogP contribution is 2.14. The van der Waals surface area contributed by atoms with Crippen LogP contribution in [-0.2, 0) is 6.54 Å². The summed E-state index contributed by atoms with van der Waals surface area (Å²) < 4.78 is 0. The number of benzene rings is 1. The molecule has 1 nitrogen and oxygen atoms in total. The molecule has 0 atom stereocenters. The van der Waals surface area contributed by atoms with Gasteiger partial charge in [-0.05, 0) is 61.6 Å². The van der Waals surface area contributed by atoms with Crippen LogP contribution in [0.5, 0.6) is 0 Å². The van der Waals surface area contributed by atoms with Crippen LogP contribution in [0.4, 0.5) is 0 Å². The van der Waals surface area contributed by atoms with Crippen LogP contribution < -0.4 is 5.32 Å². The Morgan fingerprint density at radius 3 is 2.81 bits per heavy atom. The molecule has 0 aliphatic heterocycles. The van der Waals surface area contributed by atoms with Crippen LogP contribution in [0.1, 0.15) is 24.0 Å². The minimum absolute atomic E-state index is 0.821. The van der Waals surface area contributed by atoms with Gasteiger partial charge in [0, 0.05) is 11.6 Å². The van der Waals surface area contributed by atoms with Gasteiger partial charge in [0.15, 0.2) is 0 Å². The fraction of sp³-hybridized carbons (Fsp3) is 0.538. The van der Waals surface area contributed by atoms with Gasteiger partial charge in [-0.1, -0.05) is 17.7 Å². The molecule has 1 rings (SSSR count). The third kappa shape index (κ3) is 5.24. The summed E-state index contributed by atoms with van der Waals surface area (Å²) in [5.74, 6) is 1.27. The van der Waals surface area contributed by atoms with Gasteiger partial charge in [0.2, 0.25) is 0 Å². The zero-order chi connectivity index (χ0) is 11.8. The largest absolute Gasteiger partial charge is 0.313 e. The van der Waals surface area contributed by atoms with Gasteiger partial charge in [-0.3, -0.25) is 0 Å². The molecule has 0 saturated carbocycles. The number of hydrogen-bond acceptors (Lipinski definition) is 2. The average Bonchev–Trinajstić information content (AvgIpc) is 2.26. The SMILES string of the molecule is CSCCCCNCc1ccc(Cl)cc1C. The Bertz CT molecular complexity index is 315. The number of unbranched alkanes of at least 4 members (excludes halogenated alkanes) is 1. The molecule has 16 heavy (non-hydrogen) atoms. The highest BCUT2D eigenvalue weighted by atomic mass is 35.5. The normalized spacial score (nSPS) is 10.7. The molecule has 0 radical (unpaired) electrons. The second kappa shape index (κ2) is 7.99. The Labute approximate surface area is 108 Å². The first kappa shape index (κ1) is 13.9. The van der Waals surface area contributed by atoms with Crippen molar-refractivity contribution in [1.29, 1.82) is 0 Å². The molecule has 0 unspecified atom stereocenters. The van der Waals surface area contributed by atoms with E-state index in [4.69, 9.17) is 11.6 Å². The molecule has 0 amide bonds. The summed E-state index contributed by atoms with van der Waals surface area (Å²) in [6.45, 7) is 4.15. The van der Waals surface area contributed by atoms with Crippen molar-refractivity contribution >= 4 is 23.4 Å². The lowest BCUT2D eigenvalue weighted by molar-refractivity contribution is 0.642. The van der Waals surface area contributed by atoms with Crippen LogP contribution in [0, 0.1) is 6.92 Å². The van der Waals surface area contributed by atoms with Crippen molar-refractivity contribution in [2.75, 3.05) is 18.6 Å². The average molecular weight is 258 g/mol. The van der Waals surface area contributed by atoms with E-state index >= 15 is 0 Å². The van der Waals surface area contributed by atoms with Crippen molar-refractivity contribution in [2.24, 2.45) is 0 Å². The summed E-state index contributed by atoms with van der Waals surface area (Å²) in [7, 11) is 0. The van der Waals surface area contributed by atoms with Crippen molar-refractivity contribution in [3.8, 4) is 0 Å². The number of nitrogens with one attached hydrogen (secondary N) is 1. The first-order chi connectivity index (χ1) is 7.74. The van der Waals surface area contributed by atoms with E-state index in [2.05, 4.69) is 24.6 Å². The van der Waals surface area contributed by atoms with Crippen LogP contribution >= 0.6 is 23.4 Å².